The minimum absolute atomic E-state index is 0. The minimum Gasteiger partial charge on any atom is -0.477 e. The second-order valence-electron chi connectivity index (χ2n) is 5.03. The predicted octanol–water partition coefficient (Wildman–Crippen LogP) is 1.33. The summed E-state index contributed by atoms with van der Waals surface area (Å²) in [5.41, 5.74) is 0.840. The van der Waals surface area contributed by atoms with Crippen LogP contribution in [0.3, 0.4) is 0 Å². The third kappa shape index (κ3) is 2.86. The smallest absolute Gasteiger partial charge is 0.342 e. The first-order chi connectivity index (χ1) is 10.1. The van der Waals surface area contributed by atoms with Gasteiger partial charge in [-0.3, -0.25) is 4.79 Å². The number of fused-ring (bicyclic) bond motifs is 1. The first kappa shape index (κ1) is 16.9. The lowest BCUT2D eigenvalue weighted by atomic mass is 9.94. The summed E-state index contributed by atoms with van der Waals surface area (Å²) < 4.78 is 1.59. The molecule has 0 aliphatic carbocycles. The highest BCUT2D eigenvalue weighted by molar-refractivity contribution is 7.98. The molecule has 0 atom stereocenters. The fourth-order valence-electron chi connectivity index (χ4n) is 2.79. The predicted molar refractivity (Wildman–Crippen MR) is 86.6 cm³/mol. The van der Waals surface area contributed by atoms with Gasteiger partial charge in [0.2, 0.25) is 0 Å². The fraction of sp³-hybridized carbons (Fsp3) is 0.462. The quantitative estimate of drug-likeness (QED) is 0.726. The van der Waals surface area contributed by atoms with Crippen LogP contribution in [0.4, 0.5) is 0 Å². The Morgan fingerprint density at radius 1 is 1.45 bits per heavy atom. The maximum Gasteiger partial charge on any atom is 0.342 e. The van der Waals surface area contributed by atoms with Crippen LogP contribution in [-0.4, -0.2) is 45.0 Å². The Morgan fingerprint density at radius 2 is 2.14 bits per heavy atom. The van der Waals surface area contributed by atoms with Gasteiger partial charge in [-0.25, -0.2) is 9.31 Å². The molecule has 2 aromatic heterocycles. The number of H-pyrrole nitrogens is 1. The van der Waals surface area contributed by atoms with Crippen LogP contribution < -0.4 is 10.9 Å². The number of hydrogen-bond acceptors (Lipinski definition) is 5. The monoisotopic (exact) mass is 344 g/mol. The van der Waals surface area contributed by atoms with E-state index >= 15 is 0 Å². The lowest BCUT2D eigenvalue weighted by Crippen LogP contribution is -2.28. The summed E-state index contributed by atoms with van der Waals surface area (Å²) in [6.07, 6.45) is 3.60. The number of carboxylic acids is 1. The number of aromatic amines is 1. The first-order valence-electron chi connectivity index (χ1n) is 6.75. The van der Waals surface area contributed by atoms with Gasteiger partial charge < -0.3 is 15.4 Å². The number of rotatable bonds is 3. The number of thioether (sulfide) groups is 1. The van der Waals surface area contributed by atoms with E-state index in [4.69, 9.17) is 0 Å². The third-order valence-corrected chi connectivity index (χ3v) is 4.46. The lowest BCUT2D eigenvalue weighted by Gasteiger charge is -2.23. The van der Waals surface area contributed by atoms with Crippen molar-refractivity contribution in [2.24, 2.45) is 0 Å². The molecule has 3 rings (SSSR count). The highest BCUT2D eigenvalue weighted by atomic mass is 35.5. The maximum atomic E-state index is 11.9. The maximum absolute atomic E-state index is 11.9. The van der Waals surface area contributed by atoms with Crippen LogP contribution in [0.15, 0.2) is 15.9 Å². The zero-order chi connectivity index (χ0) is 15.0. The van der Waals surface area contributed by atoms with Gasteiger partial charge in [0.1, 0.15) is 10.6 Å². The summed E-state index contributed by atoms with van der Waals surface area (Å²) in [4.78, 5) is 26.0. The zero-order valence-corrected chi connectivity index (χ0v) is 13.6. The Morgan fingerprint density at radius 3 is 2.73 bits per heavy atom. The van der Waals surface area contributed by atoms with Crippen molar-refractivity contribution in [2.45, 2.75) is 23.8 Å². The van der Waals surface area contributed by atoms with Crippen LogP contribution >= 0.6 is 24.2 Å². The summed E-state index contributed by atoms with van der Waals surface area (Å²) in [5, 5.41) is 17.4. The lowest BCUT2D eigenvalue weighted by molar-refractivity contribution is 0.0695. The van der Waals surface area contributed by atoms with E-state index in [9.17, 15) is 14.7 Å². The van der Waals surface area contributed by atoms with E-state index in [0.717, 1.165) is 31.6 Å². The van der Waals surface area contributed by atoms with E-state index in [2.05, 4.69) is 15.4 Å². The second kappa shape index (κ2) is 6.72. The minimum atomic E-state index is -1.08. The van der Waals surface area contributed by atoms with Gasteiger partial charge >= 0.3 is 5.97 Å². The number of aromatic carboxylic acids is 1. The summed E-state index contributed by atoms with van der Waals surface area (Å²) >= 11 is 1.26. The molecule has 3 N–H and O–H groups in total. The second-order valence-corrected chi connectivity index (χ2v) is 5.83. The van der Waals surface area contributed by atoms with E-state index in [1.807, 2.05) is 0 Å². The molecule has 0 unspecified atom stereocenters. The SMILES string of the molecule is CSc1nn2c(C3CCNCC3)cc(=O)[nH]c2c1C(=O)O.Cl. The van der Waals surface area contributed by atoms with Crippen LogP contribution in [0.25, 0.3) is 5.65 Å². The van der Waals surface area contributed by atoms with Crippen molar-refractivity contribution in [3.8, 4) is 0 Å². The number of carboxylic acid groups (broad SMARTS) is 1. The molecule has 3 heterocycles. The molecular formula is C13H17ClN4O3S. The highest BCUT2D eigenvalue weighted by Gasteiger charge is 2.25. The molecule has 2 aromatic rings. The van der Waals surface area contributed by atoms with Gasteiger partial charge in [-0.15, -0.1) is 24.2 Å². The molecule has 1 fully saturated rings. The third-order valence-electron chi connectivity index (χ3n) is 3.78. The molecule has 0 aromatic carbocycles. The van der Waals surface area contributed by atoms with Crippen LogP contribution in [0.5, 0.6) is 0 Å². The normalized spacial score (nSPS) is 15.7. The van der Waals surface area contributed by atoms with Gasteiger partial charge in [-0.1, -0.05) is 0 Å². The molecule has 1 saturated heterocycles. The number of nitrogens with one attached hydrogen (secondary N) is 2. The number of carbonyl (C=O) groups is 1. The summed E-state index contributed by atoms with van der Waals surface area (Å²) in [5.74, 6) is -0.861. The van der Waals surface area contributed by atoms with Crippen LogP contribution in [0.1, 0.15) is 34.8 Å². The van der Waals surface area contributed by atoms with E-state index < -0.39 is 5.97 Å². The molecule has 9 heteroatoms. The number of hydrogen-bond donors (Lipinski definition) is 3. The Balaban J connectivity index is 0.00000176. The van der Waals surface area contributed by atoms with E-state index in [1.54, 1.807) is 10.8 Å². The molecule has 0 radical (unpaired) electrons. The van der Waals surface area contributed by atoms with Crippen molar-refractivity contribution in [3.63, 3.8) is 0 Å². The van der Waals surface area contributed by atoms with Crippen LogP contribution in [0, 0.1) is 0 Å². The van der Waals surface area contributed by atoms with Crippen molar-refractivity contribution in [1.82, 2.24) is 19.9 Å². The zero-order valence-electron chi connectivity index (χ0n) is 12.0. The van der Waals surface area contributed by atoms with Crippen molar-refractivity contribution < 1.29 is 9.90 Å². The van der Waals surface area contributed by atoms with Crippen LogP contribution in [-0.2, 0) is 0 Å². The molecule has 0 amide bonds. The van der Waals surface area contributed by atoms with Gasteiger partial charge in [-0.05, 0) is 32.2 Å². The number of nitrogens with zero attached hydrogens (tertiary/aromatic N) is 2. The van der Waals surface area contributed by atoms with Crippen molar-refractivity contribution >= 4 is 35.8 Å². The molecule has 0 bridgehead atoms. The molecule has 22 heavy (non-hydrogen) atoms. The van der Waals surface area contributed by atoms with Gasteiger partial charge in [-0.2, -0.15) is 5.10 Å². The Hall–Kier alpha value is -1.51. The Labute approximate surface area is 136 Å². The Kier molecular flexibility index (Phi) is 5.15. The summed E-state index contributed by atoms with van der Waals surface area (Å²) in [6.45, 7) is 1.78. The topological polar surface area (TPSA) is 99.5 Å². The fourth-order valence-corrected chi connectivity index (χ4v) is 3.34. The van der Waals surface area contributed by atoms with Gasteiger partial charge in [0, 0.05) is 12.0 Å². The largest absolute Gasteiger partial charge is 0.477 e. The van der Waals surface area contributed by atoms with Gasteiger partial charge in [0.05, 0.1) is 5.69 Å². The Bertz CT molecular complexity index is 752. The highest BCUT2D eigenvalue weighted by Crippen LogP contribution is 2.28. The molecule has 0 saturated carbocycles. The molecule has 1 aliphatic rings. The van der Waals surface area contributed by atoms with E-state index in [1.165, 1.54) is 17.8 Å². The van der Waals surface area contributed by atoms with Gasteiger partial charge in [0.15, 0.2) is 5.65 Å². The van der Waals surface area contributed by atoms with E-state index in [-0.39, 0.29) is 35.1 Å². The van der Waals surface area contributed by atoms with Crippen molar-refractivity contribution in [3.05, 3.63) is 27.7 Å². The number of halogens is 1. The van der Waals surface area contributed by atoms with Crippen molar-refractivity contribution in [1.29, 1.82) is 0 Å². The summed E-state index contributed by atoms with van der Waals surface area (Å²) in [7, 11) is 0. The molecule has 7 nitrogen and oxygen atoms in total. The van der Waals surface area contributed by atoms with Gasteiger partial charge in [0.25, 0.3) is 5.56 Å². The average Bonchev–Trinajstić information content (AvgIpc) is 2.85. The molecule has 120 valence electrons. The number of aromatic nitrogens is 3. The first-order valence-corrected chi connectivity index (χ1v) is 7.98. The standard InChI is InChI=1S/C13H16N4O3S.ClH/c1-21-12-10(13(19)20)11-15-9(18)6-8(17(11)16-12)7-2-4-14-5-3-7;/h6-7,14H,2-5H2,1H3,(H,15,18)(H,19,20);1H. The number of piperidine rings is 1. The van der Waals surface area contributed by atoms with Crippen molar-refractivity contribution in [2.75, 3.05) is 19.3 Å². The molecular weight excluding hydrogens is 328 g/mol. The average molecular weight is 345 g/mol. The summed E-state index contributed by atoms with van der Waals surface area (Å²) in [6, 6.07) is 1.53. The molecule has 1 aliphatic heterocycles. The van der Waals surface area contributed by atoms with E-state index in [0.29, 0.717) is 5.03 Å². The van der Waals surface area contributed by atoms with Crippen LogP contribution in [0.2, 0.25) is 0 Å². The molecule has 0 spiro atoms.